The van der Waals surface area contributed by atoms with Gasteiger partial charge < -0.3 is 14.8 Å². The number of hydrogen-bond acceptors (Lipinski definition) is 3. The first kappa shape index (κ1) is 11.8. The van der Waals surface area contributed by atoms with Gasteiger partial charge in [-0.25, -0.2) is 9.78 Å². The van der Waals surface area contributed by atoms with Gasteiger partial charge in [0, 0.05) is 11.8 Å². The molecule has 0 amide bonds. The Hall–Kier alpha value is -2.63. The van der Waals surface area contributed by atoms with Gasteiger partial charge in [-0.2, -0.15) is 0 Å². The van der Waals surface area contributed by atoms with Crippen LogP contribution in [0.4, 0.5) is 0 Å². The maximum Gasteiger partial charge on any atom is 0.335 e. The van der Waals surface area contributed by atoms with E-state index in [0.29, 0.717) is 5.69 Å². The summed E-state index contributed by atoms with van der Waals surface area (Å²) in [6, 6.07) is 6.23. The minimum absolute atomic E-state index is 0.153. The molecule has 0 atom stereocenters. The molecule has 0 unspecified atom stereocenters. The van der Waals surface area contributed by atoms with E-state index in [2.05, 4.69) is 4.98 Å². The zero-order valence-electron chi connectivity index (χ0n) is 9.28. The number of nitrogens with zero attached hydrogens (tertiary/aromatic N) is 2. The van der Waals surface area contributed by atoms with Crippen molar-refractivity contribution in [2.24, 2.45) is 0 Å². The number of imidazole rings is 1. The molecule has 0 saturated heterocycles. The normalized spacial score (nSPS) is 10.2. The highest BCUT2D eigenvalue weighted by atomic mass is 16.4. The number of carbonyl (C=O) groups is 2. The molecule has 0 radical (unpaired) electrons. The molecule has 0 fully saturated rings. The van der Waals surface area contributed by atoms with Crippen molar-refractivity contribution in [3.05, 3.63) is 42.4 Å². The highest BCUT2D eigenvalue weighted by molar-refractivity contribution is 5.88. The first-order valence-corrected chi connectivity index (χ1v) is 5.13. The smallest absolute Gasteiger partial charge is 0.335 e. The lowest BCUT2D eigenvalue weighted by Gasteiger charge is -1.98. The van der Waals surface area contributed by atoms with Crippen LogP contribution in [0, 0.1) is 0 Å². The highest BCUT2D eigenvalue weighted by Crippen LogP contribution is 2.17. The zero-order valence-corrected chi connectivity index (χ0v) is 9.28. The fourth-order valence-corrected chi connectivity index (χ4v) is 1.54. The van der Waals surface area contributed by atoms with Crippen LogP contribution in [0.2, 0.25) is 0 Å². The average molecular weight is 246 g/mol. The van der Waals surface area contributed by atoms with Crippen LogP contribution in [0.5, 0.6) is 0 Å². The van der Waals surface area contributed by atoms with Crippen LogP contribution in [-0.2, 0) is 11.3 Å². The molecule has 0 aliphatic carbocycles. The quantitative estimate of drug-likeness (QED) is 0.849. The van der Waals surface area contributed by atoms with E-state index < -0.39 is 11.9 Å². The van der Waals surface area contributed by atoms with Crippen molar-refractivity contribution < 1.29 is 19.8 Å². The minimum Gasteiger partial charge on any atom is -0.480 e. The van der Waals surface area contributed by atoms with Gasteiger partial charge >= 0.3 is 11.9 Å². The zero-order chi connectivity index (χ0) is 13.1. The number of carboxylic acid groups (broad SMARTS) is 2. The Morgan fingerprint density at radius 3 is 2.39 bits per heavy atom. The van der Waals surface area contributed by atoms with Gasteiger partial charge in [0.15, 0.2) is 0 Å². The SMILES string of the molecule is O=C(O)Cn1cnc(-c2ccc(C(=O)O)cc2)c1. The van der Waals surface area contributed by atoms with Gasteiger partial charge in [-0.05, 0) is 12.1 Å². The van der Waals surface area contributed by atoms with Crippen LogP contribution in [0.1, 0.15) is 10.4 Å². The van der Waals surface area contributed by atoms with Gasteiger partial charge in [-0.15, -0.1) is 0 Å². The summed E-state index contributed by atoms with van der Waals surface area (Å²) >= 11 is 0. The summed E-state index contributed by atoms with van der Waals surface area (Å²) in [6.45, 7) is -0.153. The molecule has 1 aromatic heterocycles. The number of aromatic nitrogens is 2. The maximum atomic E-state index is 10.7. The van der Waals surface area contributed by atoms with Crippen molar-refractivity contribution >= 4 is 11.9 Å². The third-order valence-electron chi connectivity index (χ3n) is 2.38. The van der Waals surface area contributed by atoms with E-state index in [9.17, 15) is 9.59 Å². The molecule has 0 aliphatic heterocycles. The van der Waals surface area contributed by atoms with Crippen molar-refractivity contribution in [1.29, 1.82) is 0 Å². The number of hydrogen-bond donors (Lipinski definition) is 2. The summed E-state index contributed by atoms with van der Waals surface area (Å²) in [4.78, 5) is 25.3. The van der Waals surface area contributed by atoms with Crippen molar-refractivity contribution in [2.45, 2.75) is 6.54 Å². The average Bonchev–Trinajstić information content (AvgIpc) is 2.76. The summed E-state index contributed by atoms with van der Waals surface area (Å²) in [7, 11) is 0. The lowest BCUT2D eigenvalue weighted by Crippen LogP contribution is -2.06. The number of rotatable bonds is 4. The van der Waals surface area contributed by atoms with Crippen molar-refractivity contribution in [1.82, 2.24) is 9.55 Å². The number of aromatic carboxylic acids is 1. The molecule has 1 heterocycles. The van der Waals surface area contributed by atoms with E-state index in [1.54, 1.807) is 18.3 Å². The summed E-state index contributed by atoms with van der Waals surface area (Å²) in [6.07, 6.45) is 3.03. The second kappa shape index (κ2) is 4.70. The van der Waals surface area contributed by atoms with Gasteiger partial charge in [0.2, 0.25) is 0 Å². The monoisotopic (exact) mass is 246 g/mol. The molecule has 2 N–H and O–H groups in total. The van der Waals surface area contributed by atoms with E-state index in [4.69, 9.17) is 10.2 Å². The van der Waals surface area contributed by atoms with Crippen molar-refractivity contribution in [3.63, 3.8) is 0 Å². The van der Waals surface area contributed by atoms with Crippen LogP contribution in [0.3, 0.4) is 0 Å². The Balaban J connectivity index is 2.23. The van der Waals surface area contributed by atoms with Crippen LogP contribution < -0.4 is 0 Å². The molecule has 0 saturated carbocycles. The van der Waals surface area contributed by atoms with Gasteiger partial charge in [-0.1, -0.05) is 12.1 Å². The molecule has 6 nitrogen and oxygen atoms in total. The lowest BCUT2D eigenvalue weighted by molar-refractivity contribution is -0.137. The van der Waals surface area contributed by atoms with Crippen LogP contribution in [-0.4, -0.2) is 31.7 Å². The first-order chi connectivity index (χ1) is 8.56. The molecule has 2 aromatic rings. The third-order valence-corrected chi connectivity index (χ3v) is 2.38. The summed E-state index contributed by atoms with van der Waals surface area (Å²) in [5, 5.41) is 17.4. The molecule has 0 bridgehead atoms. The van der Waals surface area contributed by atoms with Gasteiger partial charge in [-0.3, -0.25) is 4.79 Å². The van der Waals surface area contributed by atoms with Gasteiger partial charge in [0.05, 0.1) is 17.6 Å². The predicted octanol–water partition coefficient (Wildman–Crippen LogP) is 1.33. The standard InChI is InChI=1S/C12H10N2O4/c15-11(16)6-14-5-10(13-7-14)8-1-3-9(4-2-8)12(17)18/h1-5,7H,6H2,(H,15,16)(H,17,18). The van der Waals surface area contributed by atoms with Crippen molar-refractivity contribution in [3.8, 4) is 11.3 Å². The van der Waals surface area contributed by atoms with E-state index in [1.807, 2.05) is 0 Å². The topological polar surface area (TPSA) is 92.4 Å². The fraction of sp³-hybridized carbons (Fsp3) is 0.0833. The van der Waals surface area contributed by atoms with Gasteiger partial charge in [0.1, 0.15) is 6.54 Å². The van der Waals surface area contributed by atoms with E-state index in [0.717, 1.165) is 5.56 Å². The Morgan fingerprint density at radius 2 is 1.83 bits per heavy atom. The van der Waals surface area contributed by atoms with Crippen LogP contribution in [0.15, 0.2) is 36.8 Å². The lowest BCUT2D eigenvalue weighted by atomic mass is 10.1. The molecule has 0 aliphatic rings. The minimum atomic E-state index is -0.988. The van der Waals surface area contributed by atoms with E-state index in [1.165, 1.54) is 23.0 Å². The molecule has 1 aromatic carbocycles. The maximum absolute atomic E-state index is 10.7. The Kier molecular flexibility index (Phi) is 3.09. The fourth-order valence-electron chi connectivity index (χ4n) is 1.54. The molecule has 92 valence electrons. The van der Waals surface area contributed by atoms with E-state index in [-0.39, 0.29) is 12.1 Å². The Morgan fingerprint density at radius 1 is 1.17 bits per heavy atom. The Bertz CT molecular complexity index is 586. The highest BCUT2D eigenvalue weighted by Gasteiger charge is 2.06. The Labute approximate surface area is 102 Å². The number of carboxylic acids is 2. The van der Waals surface area contributed by atoms with Gasteiger partial charge in [0.25, 0.3) is 0 Å². The molecular formula is C12H10N2O4. The second-order valence-corrected chi connectivity index (χ2v) is 3.71. The molecule has 2 rings (SSSR count). The summed E-state index contributed by atoms with van der Waals surface area (Å²) in [5.41, 5.74) is 1.54. The summed E-state index contributed by atoms with van der Waals surface area (Å²) in [5.74, 6) is -1.93. The number of aliphatic carboxylic acids is 1. The predicted molar refractivity (Wildman–Crippen MR) is 62.3 cm³/mol. The first-order valence-electron chi connectivity index (χ1n) is 5.13. The number of benzene rings is 1. The second-order valence-electron chi connectivity index (χ2n) is 3.71. The van der Waals surface area contributed by atoms with E-state index >= 15 is 0 Å². The molecule has 6 heteroatoms. The molecule has 0 spiro atoms. The summed E-state index contributed by atoms with van der Waals surface area (Å²) < 4.78 is 1.45. The third kappa shape index (κ3) is 2.54. The largest absolute Gasteiger partial charge is 0.480 e. The van der Waals surface area contributed by atoms with Crippen molar-refractivity contribution in [2.75, 3.05) is 0 Å². The van der Waals surface area contributed by atoms with Crippen LogP contribution in [0.25, 0.3) is 11.3 Å². The molecule has 18 heavy (non-hydrogen) atoms. The van der Waals surface area contributed by atoms with Crippen LogP contribution >= 0.6 is 0 Å². The molecular weight excluding hydrogens is 236 g/mol.